The van der Waals surface area contributed by atoms with Gasteiger partial charge in [0.2, 0.25) is 11.7 Å². The molecule has 8 heteroatoms. The molecule has 190 valence electrons. The number of benzene rings is 3. The van der Waals surface area contributed by atoms with Gasteiger partial charge in [-0.2, -0.15) is 4.98 Å². The van der Waals surface area contributed by atoms with E-state index in [1.807, 2.05) is 67.6 Å². The highest BCUT2D eigenvalue weighted by Crippen LogP contribution is 2.33. The topological polar surface area (TPSA) is 89.7 Å². The molecule has 1 saturated heterocycles. The summed E-state index contributed by atoms with van der Waals surface area (Å²) >= 11 is 0. The van der Waals surface area contributed by atoms with Crippen LogP contribution in [-0.4, -0.2) is 54.3 Å². The average molecular weight is 499 g/mol. The number of amides is 1. The summed E-state index contributed by atoms with van der Waals surface area (Å²) in [6.07, 6.45) is 1.06. The first kappa shape index (κ1) is 24.5. The highest BCUT2D eigenvalue weighted by molar-refractivity contribution is 6.04. The number of likely N-dealkylation sites (N-methyl/N-ethyl adjacent to an activating group) is 1. The third-order valence-corrected chi connectivity index (χ3v) is 6.53. The van der Waals surface area contributed by atoms with Gasteiger partial charge >= 0.3 is 0 Å². The lowest BCUT2D eigenvalue weighted by Crippen LogP contribution is -2.21. The van der Waals surface area contributed by atoms with E-state index in [0.717, 1.165) is 41.8 Å². The van der Waals surface area contributed by atoms with Crippen molar-refractivity contribution in [2.45, 2.75) is 26.4 Å². The molecule has 1 fully saturated rings. The van der Waals surface area contributed by atoms with E-state index in [1.165, 1.54) is 0 Å². The van der Waals surface area contributed by atoms with E-state index >= 15 is 0 Å². The zero-order chi connectivity index (χ0) is 25.9. The number of rotatable bonds is 7. The monoisotopic (exact) mass is 498 g/mol. The van der Waals surface area contributed by atoms with Crippen LogP contribution >= 0.6 is 0 Å². The summed E-state index contributed by atoms with van der Waals surface area (Å²) in [5.74, 6) is 2.19. The quantitative estimate of drug-likeness (QED) is 0.367. The minimum atomic E-state index is -0.192. The predicted molar refractivity (Wildman–Crippen MR) is 142 cm³/mol. The minimum absolute atomic E-state index is 0.103. The van der Waals surface area contributed by atoms with Crippen LogP contribution in [-0.2, 0) is 0 Å². The van der Waals surface area contributed by atoms with Crippen LogP contribution in [0.5, 0.6) is 11.5 Å². The van der Waals surface area contributed by atoms with Gasteiger partial charge in [-0.1, -0.05) is 29.4 Å². The lowest BCUT2D eigenvalue weighted by Gasteiger charge is -2.17. The number of carbonyl (C=O) groups is 1. The molecule has 1 aliphatic rings. The minimum Gasteiger partial charge on any atom is -0.493 e. The first-order valence-electron chi connectivity index (χ1n) is 12.3. The second-order valence-corrected chi connectivity index (χ2v) is 9.35. The molecule has 37 heavy (non-hydrogen) atoms. The Balaban J connectivity index is 1.29. The van der Waals surface area contributed by atoms with Crippen LogP contribution in [0.25, 0.3) is 22.5 Å². The van der Waals surface area contributed by atoms with Crippen LogP contribution in [0.2, 0.25) is 0 Å². The fourth-order valence-electron chi connectivity index (χ4n) is 4.56. The molecule has 0 spiro atoms. The summed E-state index contributed by atoms with van der Waals surface area (Å²) in [6.45, 7) is 5.68. The van der Waals surface area contributed by atoms with Gasteiger partial charge in [-0.25, -0.2) is 0 Å². The molecule has 3 aromatic carbocycles. The van der Waals surface area contributed by atoms with Crippen molar-refractivity contribution in [3.63, 3.8) is 0 Å². The lowest BCUT2D eigenvalue weighted by molar-refractivity contribution is 0.102. The molecular formula is C29H30N4O4. The number of carbonyl (C=O) groups excluding carboxylic acids is 1. The summed E-state index contributed by atoms with van der Waals surface area (Å²) in [5, 5.41) is 6.97. The first-order chi connectivity index (χ1) is 17.9. The molecule has 0 radical (unpaired) electrons. The SMILES string of the molecule is COc1ccc(NC(=O)c2ccc(-c3ccc(-c4noc(C)n4)cc3C)cc2)cc1OC1CCN(C)C1. The van der Waals surface area contributed by atoms with E-state index in [0.29, 0.717) is 34.5 Å². The van der Waals surface area contributed by atoms with Crippen LogP contribution < -0.4 is 14.8 Å². The Morgan fingerprint density at radius 2 is 1.81 bits per heavy atom. The number of ether oxygens (including phenoxy) is 2. The summed E-state index contributed by atoms with van der Waals surface area (Å²) in [5.41, 5.74) is 5.29. The van der Waals surface area contributed by atoms with Crippen molar-refractivity contribution in [2.75, 3.05) is 32.6 Å². The van der Waals surface area contributed by atoms with Gasteiger partial charge < -0.3 is 24.2 Å². The summed E-state index contributed by atoms with van der Waals surface area (Å²) in [4.78, 5) is 19.5. The van der Waals surface area contributed by atoms with E-state index in [4.69, 9.17) is 14.0 Å². The van der Waals surface area contributed by atoms with Gasteiger partial charge in [0.05, 0.1) is 7.11 Å². The maximum atomic E-state index is 13.0. The number of nitrogens with zero attached hydrogens (tertiary/aromatic N) is 3. The molecule has 1 unspecified atom stereocenters. The number of methoxy groups -OCH3 is 1. The zero-order valence-electron chi connectivity index (χ0n) is 21.4. The third-order valence-electron chi connectivity index (χ3n) is 6.53. The molecule has 1 atom stereocenters. The maximum absolute atomic E-state index is 13.0. The molecule has 0 aliphatic carbocycles. The van der Waals surface area contributed by atoms with Gasteiger partial charge in [0, 0.05) is 42.9 Å². The van der Waals surface area contributed by atoms with E-state index in [1.54, 1.807) is 14.0 Å². The maximum Gasteiger partial charge on any atom is 0.255 e. The first-order valence-corrected chi connectivity index (χ1v) is 12.3. The van der Waals surface area contributed by atoms with Gasteiger partial charge in [0.25, 0.3) is 5.91 Å². The number of nitrogens with one attached hydrogen (secondary N) is 1. The summed E-state index contributed by atoms with van der Waals surface area (Å²) in [7, 11) is 3.69. The van der Waals surface area contributed by atoms with Crippen LogP contribution in [0, 0.1) is 13.8 Å². The van der Waals surface area contributed by atoms with Crippen LogP contribution in [0.3, 0.4) is 0 Å². The second-order valence-electron chi connectivity index (χ2n) is 9.35. The molecule has 1 aliphatic heterocycles. The van der Waals surface area contributed by atoms with Gasteiger partial charge in [-0.3, -0.25) is 4.79 Å². The van der Waals surface area contributed by atoms with Crippen LogP contribution in [0.15, 0.2) is 65.2 Å². The van der Waals surface area contributed by atoms with Gasteiger partial charge in [0.15, 0.2) is 11.5 Å². The molecule has 0 saturated carbocycles. The fraction of sp³-hybridized carbons (Fsp3) is 0.276. The number of hydrogen-bond donors (Lipinski definition) is 1. The van der Waals surface area contributed by atoms with Crippen molar-refractivity contribution < 1.29 is 18.8 Å². The number of aryl methyl sites for hydroxylation is 2. The van der Waals surface area contributed by atoms with Crippen molar-refractivity contribution in [3.05, 3.63) is 77.7 Å². The van der Waals surface area contributed by atoms with E-state index in [9.17, 15) is 4.79 Å². The molecule has 5 rings (SSSR count). The van der Waals surface area contributed by atoms with Crippen molar-refractivity contribution in [3.8, 4) is 34.0 Å². The number of aromatic nitrogens is 2. The molecule has 1 amide bonds. The van der Waals surface area contributed by atoms with Crippen molar-refractivity contribution in [1.29, 1.82) is 0 Å². The molecule has 1 aromatic heterocycles. The van der Waals surface area contributed by atoms with Crippen molar-refractivity contribution in [1.82, 2.24) is 15.0 Å². The molecular weight excluding hydrogens is 468 g/mol. The Morgan fingerprint density at radius 3 is 2.46 bits per heavy atom. The highest BCUT2D eigenvalue weighted by atomic mass is 16.5. The van der Waals surface area contributed by atoms with Crippen molar-refractivity contribution >= 4 is 11.6 Å². The lowest BCUT2D eigenvalue weighted by atomic mass is 9.97. The van der Waals surface area contributed by atoms with Gasteiger partial charge in [-0.15, -0.1) is 0 Å². The van der Waals surface area contributed by atoms with Gasteiger partial charge in [0.1, 0.15) is 6.10 Å². The van der Waals surface area contributed by atoms with Crippen LogP contribution in [0.1, 0.15) is 28.2 Å². The van der Waals surface area contributed by atoms with E-state index in [-0.39, 0.29) is 12.0 Å². The Bertz CT molecular complexity index is 1410. The van der Waals surface area contributed by atoms with E-state index < -0.39 is 0 Å². The zero-order valence-corrected chi connectivity index (χ0v) is 21.4. The third kappa shape index (κ3) is 5.49. The predicted octanol–water partition coefficient (Wildman–Crippen LogP) is 5.36. The molecule has 2 heterocycles. The molecule has 0 bridgehead atoms. The Hall–Kier alpha value is -4.17. The summed E-state index contributed by atoms with van der Waals surface area (Å²) in [6, 6.07) is 19.1. The Morgan fingerprint density at radius 1 is 1.03 bits per heavy atom. The highest BCUT2D eigenvalue weighted by Gasteiger charge is 2.22. The largest absolute Gasteiger partial charge is 0.493 e. The number of hydrogen-bond acceptors (Lipinski definition) is 7. The Labute approximate surface area is 216 Å². The normalized spacial score (nSPS) is 15.5. The van der Waals surface area contributed by atoms with Crippen LogP contribution in [0.4, 0.5) is 5.69 Å². The fourth-order valence-corrected chi connectivity index (χ4v) is 4.56. The standard InChI is InChI=1S/C29H30N4O4/c1-18-15-22(28-30-19(2)37-32-28)9-11-25(18)20-5-7-21(8-6-20)29(34)31-23-10-12-26(35-4)27(16-23)36-24-13-14-33(3)17-24/h5-12,15-16,24H,13-14,17H2,1-4H3,(H,31,34). The number of likely N-dealkylation sites (tertiary alicyclic amines) is 1. The molecule has 4 aromatic rings. The van der Waals surface area contributed by atoms with Gasteiger partial charge in [-0.05, 0) is 67.4 Å². The van der Waals surface area contributed by atoms with E-state index in [2.05, 4.69) is 27.4 Å². The number of anilines is 1. The van der Waals surface area contributed by atoms with Crippen molar-refractivity contribution in [2.24, 2.45) is 0 Å². The average Bonchev–Trinajstić information content (AvgIpc) is 3.52. The second kappa shape index (κ2) is 10.4. The smallest absolute Gasteiger partial charge is 0.255 e. The molecule has 1 N–H and O–H groups in total. The Kier molecular flexibility index (Phi) is 6.92. The summed E-state index contributed by atoms with van der Waals surface area (Å²) < 4.78 is 16.7. The molecule has 8 nitrogen and oxygen atoms in total.